The lowest BCUT2D eigenvalue weighted by atomic mass is 10.3. The van der Waals surface area contributed by atoms with E-state index in [0.29, 0.717) is 6.61 Å². The maximum atomic E-state index is 13.0. The van der Waals surface area contributed by atoms with Crippen molar-refractivity contribution >= 4 is 11.6 Å². The van der Waals surface area contributed by atoms with Crippen molar-refractivity contribution in [2.24, 2.45) is 0 Å². The molecule has 90 valence electrons. The van der Waals surface area contributed by atoms with E-state index in [-0.39, 0.29) is 17.8 Å². The third-order valence-corrected chi connectivity index (χ3v) is 1.84. The SMILES string of the molecule is COCCOc1nc(Cl)cc(C(C)(F)F)n1. The molecule has 0 aliphatic heterocycles. The fourth-order valence-electron chi connectivity index (χ4n) is 0.902. The quantitative estimate of drug-likeness (QED) is 0.596. The highest BCUT2D eigenvalue weighted by molar-refractivity contribution is 6.29. The zero-order valence-electron chi connectivity index (χ0n) is 8.84. The maximum absolute atomic E-state index is 13.0. The summed E-state index contributed by atoms with van der Waals surface area (Å²) < 4.78 is 35.7. The van der Waals surface area contributed by atoms with Crippen LogP contribution in [0.5, 0.6) is 6.01 Å². The van der Waals surface area contributed by atoms with Gasteiger partial charge in [0.15, 0.2) is 0 Å². The van der Waals surface area contributed by atoms with Crippen LogP contribution in [0.1, 0.15) is 12.6 Å². The molecule has 0 N–H and O–H groups in total. The van der Waals surface area contributed by atoms with Gasteiger partial charge in [0, 0.05) is 20.1 Å². The number of hydrogen-bond acceptors (Lipinski definition) is 4. The van der Waals surface area contributed by atoms with Gasteiger partial charge in [0.1, 0.15) is 17.5 Å². The number of aromatic nitrogens is 2. The van der Waals surface area contributed by atoms with E-state index >= 15 is 0 Å². The fraction of sp³-hybridized carbons (Fsp3) is 0.556. The Morgan fingerprint density at radius 1 is 1.38 bits per heavy atom. The Morgan fingerprint density at radius 3 is 2.62 bits per heavy atom. The normalized spacial score (nSPS) is 11.6. The number of hydrogen-bond donors (Lipinski definition) is 0. The molecule has 0 spiro atoms. The van der Waals surface area contributed by atoms with E-state index in [1.54, 1.807) is 0 Å². The molecule has 1 aromatic rings. The summed E-state index contributed by atoms with van der Waals surface area (Å²) in [5, 5.41) is -0.0843. The second-order valence-electron chi connectivity index (χ2n) is 3.09. The molecule has 0 aliphatic rings. The lowest BCUT2D eigenvalue weighted by Crippen LogP contribution is -2.13. The molecule has 0 saturated heterocycles. The van der Waals surface area contributed by atoms with Crippen LogP contribution >= 0.6 is 11.6 Å². The molecule has 4 nitrogen and oxygen atoms in total. The average molecular weight is 253 g/mol. The summed E-state index contributed by atoms with van der Waals surface area (Å²) in [7, 11) is 1.49. The van der Waals surface area contributed by atoms with E-state index in [2.05, 4.69) is 9.97 Å². The van der Waals surface area contributed by atoms with Gasteiger partial charge in [0.2, 0.25) is 0 Å². The highest BCUT2D eigenvalue weighted by Crippen LogP contribution is 2.27. The molecule has 0 saturated carbocycles. The topological polar surface area (TPSA) is 44.2 Å². The Kier molecular flexibility index (Phi) is 4.37. The number of halogens is 3. The standard InChI is InChI=1S/C9H11ClF2N2O2/c1-9(11,12)6-5-7(10)14-8(13-6)16-4-3-15-2/h5H,3-4H2,1-2H3. The monoisotopic (exact) mass is 252 g/mol. The molecule has 1 heterocycles. The largest absolute Gasteiger partial charge is 0.461 e. The minimum Gasteiger partial charge on any atom is -0.461 e. The van der Waals surface area contributed by atoms with Crippen molar-refractivity contribution in [3.8, 4) is 6.01 Å². The summed E-state index contributed by atoms with van der Waals surface area (Å²) in [4.78, 5) is 7.22. The molecule has 0 aliphatic carbocycles. The van der Waals surface area contributed by atoms with Gasteiger partial charge in [-0.15, -0.1) is 0 Å². The first-order valence-corrected chi connectivity index (χ1v) is 4.86. The smallest absolute Gasteiger partial charge is 0.318 e. The third-order valence-electron chi connectivity index (χ3n) is 1.64. The van der Waals surface area contributed by atoms with E-state index in [0.717, 1.165) is 13.0 Å². The van der Waals surface area contributed by atoms with Crippen LogP contribution in [-0.2, 0) is 10.7 Å². The second-order valence-corrected chi connectivity index (χ2v) is 3.48. The first kappa shape index (κ1) is 13.1. The van der Waals surface area contributed by atoms with Crippen molar-refractivity contribution < 1.29 is 18.3 Å². The van der Waals surface area contributed by atoms with E-state index < -0.39 is 11.6 Å². The van der Waals surface area contributed by atoms with Gasteiger partial charge in [-0.3, -0.25) is 0 Å². The van der Waals surface area contributed by atoms with Crippen molar-refractivity contribution in [3.63, 3.8) is 0 Å². The number of nitrogens with zero attached hydrogens (tertiary/aromatic N) is 2. The van der Waals surface area contributed by atoms with Gasteiger partial charge in [-0.25, -0.2) is 0 Å². The lowest BCUT2D eigenvalue weighted by molar-refractivity contribution is 0.0117. The van der Waals surface area contributed by atoms with E-state index in [1.165, 1.54) is 7.11 Å². The molecule has 0 unspecified atom stereocenters. The summed E-state index contributed by atoms with van der Waals surface area (Å²) in [5.74, 6) is -3.08. The van der Waals surface area contributed by atoms with Crippen LogP contribution in [0.2, 0.25) is 5.15 Å². The number of methoxy groups -OCH3 is 1. The average Bonchev–Trinajstić information content (AvgIpc) is 2.16. The molecule has 16 heavy (non-hydrogen) atoms. The van der Waals surface area contributed by atoms with Gasteiger partial charge >= 0.3 is 6.01 Å². The summed E-state index contributed by atoms with van der Waals surface area (Å²) >= 11 is 5.57. The first-order chi connectivity index (χ1) is 7.43. The Hall–Kier alpha value is -1.01. The van der Waals surface area contributed by atoms with Gasteiger partial charge in [-0.05, 0) is 0 Å². The number of ether oxygens (including phenoxy) is 2. The van der Waals surface area contributed by atoms with Crippen molar-refractivity contribution in [2.75, 3.05) is 20.3 Å². The minimum atomic E-state index is -3.08. The van der Waals surface area contributed by atoms with Crippen LogP contribution in [0, 0.1) is 0 Å². The summed E-state index contributed by atoms with van der Waals surface area (Å²) in [6, 6.07) is 0.825. The highest BCUT2D eigenvalue weighted by atomic mass is 35.5. The number of alkyl halides is 2. The third kappa shape index (κ3) is 3.86. The molecule has 0 fully saturated rings. The summed E-state index contributed by atoms with van der Waals surface area (Å²) in [6.07, 6.45) is 0. The van der Waals surface area contributed by atoms with E-state index in [4.69, 9.17) is 21.1 Å². The molecule has 1 aromatic heterocycles. The molecular formula is C9H11ClF2N2O2. The molecular weight excluding hydrogens is 242 g/mol. The van der Waals surface area contributed by atoms with Gasteiger partial charge in [-0.1, -0.05) is 11.6 Å². The van der Waals surface area contributed by atoms with Gasteiger partial charge < -0.3 is 9.47 Å². The molecule has 1 rings (SSSR count). The minimum absolute atomic E-state index is 0.0843. The molecule has 0 bridgehead atoms. The Morgan fingerprint density at radius 2 is 2.06 bits per heavy atom. The molecule has 0 atom stereocenters. The van der Waals surface area contributed by atoms with Gasteiger partial charge in [0.25, 0.3) is 5.92 Å². The first-order valence-electron chi connectivity index (χ1n) is 4.48. The van der Waals surface area contributed by atoms with Crippen molar-refractivity contribution in [2.45, 2.75) is 12.8 Å². The zero-order chi connectivity index (χ0) is 12.2. The molecule has 0 amide bonds. The predicted octanol–water partition coefficient (Wildman–Crippen LogP) is 2.27. The molecule has 0 aromatic carbocycles. The van der Waals surface area contributed by atoms with Crippen LogP contribution < -0.4 is 4.74 Å². The zero-order valence-corrected chi connectivity index (χ0v) is 9.59. The summed E-state index contributed by atoms with van der Waals surface area (Å²) in [6.45, 7) is 1.21. The van der Waals surface area contributed by atoms with Gasteiger partial charge in [-0.2, -0.15) is 18.7 Å². The van der Waals surface area contributed by atoms with E-state index in [9.17, 15) is 8.78 Å². The van der Waals surface area contributed by atoms with Crippen molar-refractivity contribution in [1.29, 1.82) is 0 Å². The maximum Gasteiger partial charge on any atom is 0.318 e. The Bertz CT molecular complexity index is 358. The van der Waals surface area contributed by atoms with Crippen LogP contribution in [0.15, 0.2) is 6.07 Å². The van der Waals surface area contributed by atoms with Crippen molar-refractivity contribution in [3.05, 3.63) is 16.9 Å². The second kappa shape index (κ2) is 5.36. The molecule has 0 radical (unpaired) electrons. The highest BCUT2D eigenvalue weighted by Gasteiger charge is 2.27. The lowest BCUT2D eigenvalue weighted by Gasteiger charge is -2.11. The van der Waals surface area contributed by atoms with Crippen molar-refractivity contribution in [1.82, 2.24) is 9.97 Å². The van der Waals surface area contributed by atoms with Gasteiger partial charge in [0.05, 0.1) is 6.61 Å². The summed E-state index contributed by atoms with van der Waals surface area (Å²) in [5.41, 5.74) is -0.472. The Balaban J connectivity index is 2.82. The van der Waals surface area contributed by atoms with Crippen LogP contribution in [-0.4, -0.2) is 30.3 Å². The number of rotatable bonds is 5. The predicted molar refractivity (Wildman–Crippen MR) is 54.0 cm³/mol. The Labute approximate surface area is 96.6 Å². The van der Waals surface area contributed by atoms with Crippen LogP contribution in [0.4, 0.5) is 8.78 Å². The van der Waals surface area contributed by atoms with Crippen LogP contribution in [0.25, 0.3) is 0 Å². The van der Waals surface area contributed by atoms with E-state index in [1.807, 2.05) is 0 Å². The molecule has 7 heteroatoms. The van der Waals surface area contributed by atoms with Crippen LogP contribution in [0.3, 0.4) is 0 Å². The fourth-order valence-corrected chi connectivity index (χ4v) is 1.08.